The number of anilines is 1. The van der Waals surface area contributed by atoms with Gasteiger partial charge in [0.25, 0.3) is 0 Å². The SMILES string of the molecule is CN(C)c1ccc(N=Nc2ccc([As](=O)(O)O)cc2)cc1. The van der Waals surface area contributed by atoms with Gasteiger partial charge in [0.15, 0.2) is 0 Å². The number of benzene rings is 2. The summed E-state index contributed by atoms with van der Waals surface area (Å²) in [7, 11) is 3.92. The van der Waals surface area contributed by atoms with Gasteiger partial charge >= 0.3 is 125 Å². The van der Waals surface area contributed by atoms with Gasteiger partial charge in [-0.2, -0.15) is 0 Å². The van der Waals surface area contributed by atoms with Crippen LogP contribution < -0.4 is 9.25 Å². The minimum absolute atomic E-state index is 0.0300. The van der Waals surface area contributed by atoms with Crippen molar-refractivity contribution >= 4 is 35.6 Å². The summed E-state index contributed by atoms with van der Waals surface area (Å²) in [5.41, 5.74) is 2.32. The molecular formula is C14H16AsN3O3. The van der Waals surface area contributed by atoms with Gasteiger partial charge in [-0.3, -0.25) is 0 Å². The van der Waals surface area contributed by atoms with E-state index in [4.69, 9.17) is 8.19 Å². The third-order valence-corrected chi connectivity index (χ3v) is 4.87. The molecule has 0 unspecified atom stereocenters. The van der Waals surface area contributed by atoms with E-state index in [0.717, 1.165) is 5.69 Å². The summed E-state index contributed by atoms with van der Waals surface area (Å²) in [6, 6.07) is 13.4. The number of rotatable bonds is 4. The molecular weight excluding hydrogens is 333 g/mol. The zero-order valence-corrected chi connectivity index (χ0v) is 13.6. The molecule has 0 aliphatic heterocycles. The van der Waals surface area contributed by atoms with E-state index in [-0.39, 0.29) is 4.35 Å². The predicted octanol–water partition coefficient (Wildman–Crippen LogP) is 1.73. The second-order valence-electron chi connectivity index (χ2n) is 4.67. The molecule has 21 heavy (non-hydrogen) atoms. The average Bonchev–Trinajstić information content (AvgIpc) is 2.45. The van der Waals surface area contributed by atoms with Crippen LogP contribution in [-0.4, -0.2) is 36.5 Å². The van der Waals surface area contributed by atoms with Gasteiger partial charge in [0, 0.05) is 0 Å². The molecule has 0 saturated heterocycles. The number of azo groups is 1. The van der Waals surface area contributed by atoms with E-state index in [1.165, 1.54) is 24.3 Å². The molecule has 0 atom stereocenters. The van der Waals surface area contributed by atoms with Gasteiger partial charge < -0.3 is 0 Å². The van der Waals surface area contributed by atoms with Crippen molar-refractivity contribution in [1.82, 2.24) is 0 Å². The van der Waals surface area contributed by atoms with Gasteiger partial charge in [0.1, 0.15) is 0 Å². The summed E-state index contributed by atoms with van der Waals surface area (Å²) in [5.74, 6) is 0. The Balaban J connectivity index is 2.12. The van der Waals surface area contributed by atoms with Gasteiger partial charge in [-0.15, -0.1) is 0 Å². The van der Waals surface area contributed by atoms with Crippen molar-refractivity contribution in [2.24, 2.45) is 10.2 Å². The van der Waals surface area contributed by atoms with Crippen LogP contribution in [0.2, 0.25) is 0 Å². The van der Waals surface area contributed by atoms with Gasteiger partial charge in [0.2, 0.25) is 0 Å². The normalized spacial score (nSPS) is 11.8. The van der Waals surface area contributed by atoms with Crippen LogP contribution >= 0.6 is 0 Å². The molecule has 7 heteroatoms. The zero-order chi connectivity index (χ0) is 15.5. The molecule has 0 bridgehead atoms. The molecule has 0 saturated carbocycles. The molecule has 0 heterocycles. The Morgan fingerprint density at radius 2 is 1.29 bits per heavy atom. The molecule has 6 nitrogen and oxygen atoms in total. The molecule has 110 valence electrons. The Bertz CT molecular complexity index is 676. The number of hydrogen-bond donors (Lipinski definition) is 2. The third-order valence-electron chi connectivity index (χ3n) is 2.83. The molecule has 2 aromatic rings. The van der Waals surface area contributed by atoms with E-state index >= 15 is 0 Å². The number of nitrogens with zero attached hydrogens (tertiary/aromatic N) is 3. The maximum atomic E-state index is 11.1. The Morgan fingerprint density at radius 3 is 1.67 bits per heavy atom. The van der Waals surface area contributed by atoms with Crippen molar-refractivity contribution in [3.63, 3.8) is 0 Å². The number of hydrogen-bond acceptors (Lipinski definition) is 4. The van der Waals surface area contributed by atoms with Crippen LogP contribution in [0.5, 0.6) is 0 Å². The molecule has 2 aromatic carbocycles. The van der Waals surface area contributed by atoms with E-state index in [0.29, 0.717) is 11.4 Å². The summed E-state index contributed by atoms with van der Waals surface area (Å²) >= 11 is -4.82. The van der Waals surface area contributed by atoms with Crippen LogP contribution in [-0.2, 0) is 3.74 Å². The van der Waals surface area contributed by atoms with E-state index < -0.39 is 14.2 Å². The zero-order valence-electron chi connectivity index (χ0n) is 11.7. The molecule has 0 spiro atoms. The van der Waals surface area contributed by atoms with Crippen LogP contribution in [0.15, 0.2) is 58.8 Å². The van der Waals surface area contributed by atoms with Crippen molar-refractivity contribution in [1.29, 1.82) is 0 Å². The van der Waals surface area contributed by atoms with Gasteiger partial charge in [-0.05, 0) is 0 Å². The summed E-state index contributed by atoms with van der Waals surface area (Å²) < 4.78 is 29.3. The van der Waals surface area contributed by atoms with Crippen LogP contribution in [0.3, 0.4) is 0 Å². The van der Waals surface area contributed by atoms with Crippen molar-refractivity contribution in [3.05, 3.63) is 48.5 Å². The summed E-state index contributed by atoms with van der Waals surface area (Å²) in [6.45, 7) is 0. The van der Waals surface area contributed by atoms with Gasteiger partial charge in [-0.25, -0.2) is 0 Å². The van der Waals surface area contributed by atoms with E-state index in [2.05, 4.69) is 10.2 Å². The Kier molecular flexibility index (Phi) is 4.62. The minimum atomic E-state index is -4.82. The first-order chi connectivity index (χ1) is 9.86. The third kappa shape index (κ3) is 4.29. The molecule has 0 aliphatic carbocycles. The topological polar surface area (TPSA) is 85.5 Å². The molecule has 2 N–H and O–H groups in total. The summed E-state index contributed by atoms with van der Waals surface area (Å²) in [4.78, 5) is 1.99. The maximum absolute atomic E-state index is 11.1. The summed E-state index contributed by atoms with van der Waals surface area (Å²) in [6.07, 6.45) is 0. The monoisotopic (exact) mass is 349 g/mol. The first-order valence-corrected chi connectivity index (χ1v) is 9.60. The predicted molar refractivity (Wildman–Crippen MR) is 81.9 cm³/mol. The standard InChI is InChI=1S/C14H16AsN3O3/c1-18(2)14-9-7-13(8-10-14)17-16-12-5-3-11(4-6-12)15(19,20)21/h3-10H,1-2H3,(H2,19,20,21). The fourth-order valence-corrected chi connectivity index (χ4v) is 2.77. The van der Waals surface area contributed by atoms with Crippen LogP contribution in [0.25, 0.3) is 0 Å². The van der Waals surface area contributed by atoms with Gasteiger partial charge in [0.05, 0.1) is 0 Å². The fraction of sp³-hybridized carbons (Fsp3) is 0.143. The molecule has 0 fully saturated rings. The average molecular weight is 349 g/mol. The molecule has 0 aromatic heterocycles. The quantitative estimate of drug-likeness (QED) is 0.650. The van der Waals surface area contributed by atoms with Crippen molar-refractivity contribution in [3.8, 4) is 0 Å². The second kappa shape index (κ2) is 6.26. The van der Waals surface area contributed by atoms with Crippen molar-refractivity contribution < 1.29 is 11.9 Å². The Morgan fingerprint density at radius 1 is 0.857 bits per heavy atom. The molecule has 0 aliphatic rings. The fourth-order valence-electron chi connectivity index (χ4n) is 1.65. The molecule has 0 amide bonds. The van der Waals surface area contributed by atoms with Crippen molar-refractivity contribution in [2.75, 3.05) is 19.0 Å². The Labute approximate surface area is 125 Å². The van der Waals surface area contributed by atoms with Crippen molar-refractivity contribution in [2.45, 2.75) is 0 Å². The van der Waals surface area contributed by atoms with Crippen LogP contribution in [0.1, 0.15) is 0 Å². The summed E-state index contributed by atoms with van der Waals surface area (Å²) in [5, 5.41) is 8.13. The first-order valence-electron chi connectivity index (χ1n) is 6.21. The van der Waals surface area contributed by atoms with Gasteiger partial charge in [-0.1, -0.05) is 0 Å². The van der Waals surface area contributed by atoms with Crippen LogP contribution in [0.4, 0.5) is 17.1 Å². The first kappa shape index (κ1) is 15.5. The second-order valence-corrected chi connectivity index (χ2v) is 8.04. The van der Waals surface area contributed by atoms with E-state index in [1.54, 1.807) is 0 Å². The molecule has 0 radical (unpaired) electrons. The Hall–Kier alpha value is -1.88. The molecule has 2 rings (SSSR count). The van der Waals surface area contributed by atoms with Crippen LogP contribution in [0, 0.1) is 0 Å². The van der Waals surface area contributed by atoms with E-state index in [1.807, 2.05) is 43.3 Å². The van der Waals surface area contributed by atoms with E-state index in [9.17, 15) is 3.74 Å².